The summed E-state index contributed by atoms with van der Waals surface area (Å²) in [5.41, 5.74) is 3.14. The van der Waals surface area contributed by atoms with Crippen molar-refractivity contribution < 1.29 is 5.11 Å². The van der Waals surface area contributed by atoms with Crippen molar-refractivity contribution in [2.24, 2.45) is 0 Å². The van der Waals surface area contributed by atoms with E-state index in [4.69, 9.17) is 0 Å². The van der Waals surface area contributed by atoms with Crippen molar-refractivity contribution in [1.82, 2.24) is 14.6 Å². The molecule has 1 aliphatic carbocycles. The van der Waals surface area contributed by atoms with E-state index in [1.165, 1.54) is 11.1 Å². The number of aromatic nitrogens is 3. The first-order chi connectivity index (χ1) is 10.9. The second-order valence-electron chi connectivity index (χ2n) is 7.15. The van der Waals surface area contributed by atoms with Gasteiger partial charge in [-0.15, -0.1) is 10.2 Å². The van der Waals surface area contributed by atoms with Crippen LogP contribution in [0.4, 0.5) is 0 Å². The van der Waals surface area contributed by atoms with Gasteiger partial charge < -0.3 is 5.11 Å². The second-order valence-corrected chi connectivity index (χ2v) is 7.15. The van der Waals surface area contributed by atoms with Crippen LogP contribution in [0.2, 0.25) is 0 Å². The molecule has 0 atom stereocenters. The van der Waals surface area contributed by atoms with Crippen LogP contribution in [0.25, 0.3) is 5.65 Å². The van der Waals surface area contributed by atoms with Crippen molar-refractivity contribution in [3.05, 3.63) is 65.1 Å². The van der Waals surface area contributed by atoms with Crippen molar-refractivity contribution in [1.29, 1.82) is 0 Å². The molecule has 3 aromatic rings. The fraction of sp³-hybridized carbons (Fsp3) is 0.368. The number of hydrogen-bond acceptors (Lipinski definition) is 3. The van der Waals surface area contributed by atoms with Crippen molar-refractivity contribution >= 4 is 5.65 Å². The van der Waals surface area contributed by atoms with Gasteiger partial charge in [0.05, 0.1) is 11.0 Å². The predicted molar refractivity (Wildman–Crippen MR) is 89.4 cm³/mol. The predicted octanol–water partition coefficient (Wildman–Crippen LogP) is 3.35. The van der Waals surface area contributed by atoms with E-state index < -0.39 is 5.60 Å². The van der Waals surface area contributed by atoms with E-state index in [-0.39, 0.29) is 5.41 Å². The lowest BCUT2D eigenvalue weighted by molar-refractivity contribution is 0.0796. The highest BCUT2D eigenvalue weighted by Crippen LogP contribution is 2.52. The number of hydrogen-bond donors (Lipinski definition) is 1. The topological polar surface area (TPSA) is 50.4 Å². The first-order valence-electron chi connectivity index (χ1n) is 8.06. The van der Waals surface area contributed by atoms with Gasteiger partial charge >= 0.3 is 0 Å². The summed E-state index contributed by atoms with van der Waals surface area (Å²) >= 11 is 0. The molecule has 2 aromatic heterocycles. The first kappa shape index (κ1) is 14.4. The van der Waals surface area contributed by atoms with Crippen LogP contribution in [0, 0.1) is 6.92 Å². The van der Waals surface area contributed by atoms with E-state index in [2.05, 4.69) is 41.4 Å². The Bertz CT molecular complexity index is 868. The lowest BCUT2D eigenvalue weighted by atomic mass is 9.94. The van der Waals surface area contributed by atoms with Gasteiger partial charge in [-0.25, -0.2) is 0 Å². The van der Waals surface area contributed by atoms with E-state index in [1.54, 1.807) is 13.8 Å². The lowest BCUT2D eigenvalue weighted by Crippen LogP contribution is -2.18. The molecule has 0 amide bonds. The third kappa shape index (κ3) is 2.17. The summed E-state index contributed by atoms with van der Waals surface area (Å²) in [4.78, 5) is 0. The summed E-state index contributed by atoms with van der Waals surface area (Å²) in [5.74, 6) is 0.974. The van der Waals surface area contributed by atoms with Gasteiger partial charge in [-0.05, 0) is 45.2 Å². The molecule has 1 aromatic carbocycles. The number of pyridine rings is 1. The molecule has 1 N–H and O–H groups in total. The minimum absolute atomic E-state index is 0.0364. The van der Waals surface area contributed by atoms with Gasteiger partial charge in [-0.2, -0.15) is 0 Å². The van der Waals surface area contributed by atoms with E-state index in [1.807, 2.05) is 22.7 Å². The molecular weight excluding hydrogens is 286 g/mol. The smallest absolute Gasteiger partial charge is 0.166 e. The largest absolute Gasteiger partial charge is 0.386 e. The van der Waals surface area contributed by atoms with Gasteiger partial charge in [0.1, 0.15) is 5.82 Å². The maximum atomic E-state index is 10.4. The molecule has 0 saturated heterocycles. The van der Waals surface area contributed by atoms with E-state index in [9.17, 15) is 5.11 Å². The molecule has 4 heteroatoms. The maximum Gasteiger partial charge on any atom is 0.166 e. The van der Waals surface area contributed by atoms with Crippen molar-refractivity contribution in [2.45, 2.75) is 44.6 Å². The molecule has 0 radical (unpaired) electrons. The van der Waals surface area contributed by atoms with Crippen LogP contribution in [0.1, 0.15) is 49.2 Å². The van der Waals surface area contributed by atoms with Crippen LogP contribution < -0.4 is 0 Å². The zero-order valence-corrected chi connectivity index (χ0v) is 13.7. The third-order valence-corrected chi connectivity index (χ3v) is 4.88. The molecule has 0 bridgehead atoms. The van der Waals surface area contributed by atoms with Crippen LogP contribution in [0.5, 0.6) is 0 Å². The highest BCUT2D eigenvalue weighted by molar-refractivity contribution is 5.53. The number of rotatable bonds is 3. The van der Waals surface area contributed by atoms with Crippen LogP contribution in [-0.2, 0) is 11.0 Å². The van der Waals surface area contributed by atoms with Gasteiger partial charge in [-0.3, -0.25) is 4.40 Å². The van der Waals surface area contributed by atoms with E-state index in [0.717, 1.165) is 29.9 Å². The molecule has 1 saturated carbocycles. The summed E-state index contributed by atoms with van der Waals surface area (Å²) in [6.07, 6.45) is 4.17. The summed E-state index contributed by atoms with van der Waals surface area (Å²) in [7, 11) is 0. The standard InChI is InChI=1S/C19H21N3O/c1-13-6-8-14(9-7-13)19(10-11-19)17-21-20-16-15(18(2,3)23)5-4-12-22(16)17/h4-9,12,23H,10-11H2,1-3H3. The monoisotopic (exact) mass is 307 g/mol. The Balaban J connectivity index is 1.89. The van der Waals surface area contributed by atoms with Crippen LogP contribution in [0.3, 0.4) is 0 Å². The summed E-state index contributed by atoms with van der Waals surface area (Å²) in [6.45, 7) is 5.67. The molecule has 0 aliphatic heterocycles. The van der Waals surface area contributed by atoms with Crippen molar-refractivity contribution in [3.8, 4) is 0 Å². The van der Waals surface area contributed by atoms with Gasteiger partial charge in [0, 0.05) is 11.8 Å². The number of aliphatic hydroxyl groups is 1. The Kier molecular flexibility index (Phi) is 2.91. The average Bonchev–Trinajstić information content (AvgIpc) is 3.19. The molecule has 4 rings (SSSR count). The minimum Gasteiger partial charge on any atom is -0.386 e. The van der Waals surface area contributed by atoms with Crippen LogP contribution >= 0.6 is 0 Å². The minimum atomic E-state index is -0.937. The van der Waals surface area contributed by atoms with Crippen molar-refractivity contribution in [3.63, 3.8) is 0 Å². The molecule has 0 unspecified atom stereocenters. The van der Waals surface area contributed by atoms with Gasteiger partial charge in [0.2, 0.25) is 0 Å². The van der Waals surface area contributed by atoms with E-state index in [0.29, 0.717) is 0 Å². The highest BCUT2D eigenvalue weighted by Gasteiger charge is 2.49. The fourth-order valence-corrected chi connectivity index (χ4v) is 3.36. The summed E-state index contributed by atoms with van der Waals surface area (Å²) in [6, 6.07) is 12.6. The molecular formula is C19H21N3O. The third-order valence-electron chi connectivity index (χ3n) is 4.88. The molecule has 118 valence electrons. The van der Waals surface area contributed by atoms with E-state index >= 15 is 0 Å². The lowest BCUT2D eigenvalue weighted by Gasteiger charge is -2.19. The zero-order chi connectivity index (χ0) is 16.2. The van der Waals surface area contributed by atoms with Crippen molar-refractivity contribution in [2.75, 3.05) is 0 Å². The first-order valence-corrected chi connectivity index (χ1v) is 8.06. The van der Waals surface area contributed by atoms with Gasteiger partial charge in [0.15, 0.2) is 5.65 Å². The van der Waals surface area contributed by atoms with Gasteiger partial charge in [-0.1, -0.05) is 35.9 Å². The Hall–Kier alpha value is -2.20. The SMILES string of the molecule is Cc1ccc(C2(c3nnc4c(C(C)(C)O)cccn34)CC2)cc1. The van der Waals surface area contributed by atoms with Crippen LogP contribution in [0.15, 0.2) is 42.6 Å². The molecule has 1 fully saturated rings. The molecule has 0 spiro atoms. The number of fused-ring (bicyclic) bond motifs is 1. The molecule has 23 heavy (non-hydrogen) atoms. The van der Waals surface area contributed by atoms with Gasteiger partial charge in [0.25, 0.3) is 0 Å². The van der Waals surface area contributed by atoms with Crippen LogP contribution in [-0.4, -0.2) is 19.7 Å². The summed E-state index contributed by atoms with van der Waals surface area (Å²) < 4.78 is 2.04. The Labute approximate surface area is 135 Å². The fourth-order valence-electron chi connectivity index (χ4n) is 3.36. The summed E-state index contributed by atoms with van der Waals surface area (Å²) in [5, 5.41) is 19.3. The number of nitrogens with zero attached hydrogens (tertiary/aromatic N) is 3. The molecule has 1 aliphatic rings. The average molecular weight is 307 g/mol. The maximum absolute atomic E-state index is 10.4. The Morgan fingerprint density at radius 3 is 2.39 bits per heavy atom. The second kappa shape index (κ2) is 4.65. The molecule has 4 nitrogen and oxygen atoms in total. The quantitative estimate of drug-likeness (QED) is 0.807. The normalized spacial score (nSPS) is 16.7. The highest BCUT2D eigenvalue weighted by atomic mass is 16.3. The number of aryl methyl sites for hydroxylation is 1. The number of benzene rings is 1. The Morgan fingerprint density at radius 1 is 1.09 bits per heavy atom. The molecule has 2 heterocycles. The zero-order valence-electron chi connectivity index (χ0n) is 13.7. The Morgan fingerprint density at radius 2 is 1.78 bits per heavy atom.